The van der Waals surface area contributed by atoms with Crippen molar-refractivity contribution >= 4 is 24.0 Å². The monoisotopic (exact) mass is 376 g/mol. The van der Waals surface area contributed by atoms with Crippen LogP contribution in [0.1, 0.15) is 6.42 Å². The van der Waals surface area contributed by atoms with Gasteiger partial charge in [0.25, 0.3) is 0 Å². The highest BCUT2D eigenvalue weighted by Crippen LogP contribution is 2.30. The molecule has 0 aliphatic carbocycles. The van der Waals surface area contributed by atoms with E-state index in [9.17, 15) is 4.79 Å². The van der Waals surface area contributed by atoms with Gasteiger partial charge in [-0.25, -0.2) is 0 Å². The predicted octanol–water partition coefficient (Wildman–Crippen LogP) is 2.18. The minimum Gasteiger partial charge on any atom is -0.497 e. The van der Waals surface area contributed by atoms with E-state index in [1.165, 1.54) is 0 Å². The molecule has 140 valence electrons. The van der Waals surface area contributed by atoms with E-state index in [0.717, 1.165) is 55.4 Å². The van der Waals surface area contributed by atoms with Gasteiger partial charge < -0.3 is 15.4 Å². The molecular formula is C19H25ClN4O2. The van der Waals surface area contributed by atoms with Gasteiger partial charge in [0.1, 0.15) is 5.75 Å². The standard InChI is InChI=1S/C19H24N4O2.ClH/c1-25-16-6-4-15(5-7-16)19-17(3-2-9-21-19)23-13-11-22(12-14-23)10-8-18(20)24;/h2-7,9H,8,10-14H2,1H3,(H2,20,24);1H. The first-order valence-corrected chi connectivity index (χ1v) is 8.52. The average molecular weight is 377 g/mol. The van der Waals surface area contributed by atoms with Crippen LogP contribution in [0.3, 0.4) is 0 Å². The van der Waals surface area contributed by atoms with Gasteiger partial charge in [0.05, 0.1) is 18.5 Å². The third kappa shape index (κ3) is 4.86. The number of nitrogens with two attached hydrogens (primary N) is 1. The summed E-state index contributed by atoms with van der Waals surface area (Å²) in [5.41, 5.74) is 8.44. The van der Waals surface area contributed by atoms with Crippen molar-refractivity contribution in [1.82, 2.24) is 9.88 Å². The zero-order valence-electron chi connectivity index (χ0n) is 14.9. The molecule has 1 aromatic heterocycles. The molecular weight excluding hydrogens is 352 g/mol. The van der Waals surface area contributed by atoms with E-state index < -0.39 is 0 Å². The zero-order valence-corrected chi connectivity index (χ0v) is 15.7. The molecule has 1 saturated heterocycles. The van der Waals surface area contributed by atoms with Crippen molar-refractivity contribution in [3.8, 4) is 17.0 Å². The molecule has 0 unspecified atom stereocenters. The molecule has 0 atom stereocenters. The first kappa shape index (κ1) is 20.0. The summed E-state index contributed by atoms with van der Waals surface area (Å²) in [5.74, 6) is 0.598. The van der Waals surface area contributed by atoms with Gasteiger partial charge in [-0.1, -0.05) is 0 Å². The van der Waals surface area contributed by atoms with Crippen molar-refractivity contribution in [2.75, 3.05) is 44.7 Å². The highest BCUT2D eigenvalue weighted by molar-refractivity contribution is 5.85. The lowest BCUT2D eigenvalue weighted by molar-refractivity contribution is -0.118. The van der Waals surface area contributed by atoms with Crippen LogP contribution in [0.4, 0.5) is 5.69 Å². The Morgan fingerprint density at radius 2 is 1.85 bits per heavy atom. The fraction of sp³-hybridized carbons (Fsp3) is 0.368. The van der Waals surface area contributed by atoms with E-state index in [1.54, 1.807) is 7.11 Å². The number of carbonyl (C=O) groups excluding carboxylic acids is 1. The highest BCUT2D eigenvalue weighted by atomic mass is 35.5. The topological polar surface area (TPSA) is 71.7 Å². The Morgan fingerprint density at radius 3 is 2.46 bits per heavy atom. The lowest BCUT2D eigenvalue weighted by Gasteiger charge is -2.36. The number of pyridine rings is 1. The van der Waals surface area contributed by atoms with Crippen LogP contribution in [-0.2, 0) is 4.79 Å². The maximum absolute atomic E-state index is 10.9. The molecule has 26 heavy (non-hydrogen) atoms. The Hall–Kier alpha value is -2.31. The molecule has 2 aromatic rings. The summed E-state index contributed by atoms with van der Waals surface area (Å²) in [6.45, 7) is 4.40. The normalized spacial score (nSPS) is 14.6. The second kappa shape index (κ2) is 9.40. The van der Waals surface area contributed by atoms with Crippen LogP contribution in [-0.4, -0.2) is 55.6 Å². The molecule has 7 heteroatoms. The molecule has 1 aliphatic rings. The van der Waals surface area contributed by atoms with Crippen LogP contribution in [0.25, 0.3) is 11.3 Å². The Labute approximate surface area is 160 Å². The molecule has 1 aromatic carbocycles. The van der Waals surface area contributed by atoms with Gasteiger partial charge in [0.2, 0.25) is 5.91 Å². The molecule has 2 N–H and O–H groups in total. The second-order valence-electron chi connectivity index (χ2n) is 6.14. The van der Waals surface area contributed by atoms with Crippen molar-refractivity contribution in [3.63, 3.8) is 0 Å². The number of piperazine rings is 1. The maximum Gasteiger partial charge on any atom is 0.218 e. The number of halogens is 1. The van der Waals surface area contributed by atoms with E-state index in [-0.39, 0.29) is 18.3 Å². The van der Waals surface area contributed by atoms with Crippen molar-refractivity contribution in [2.45, 2.75) is 6.42 Å². The minimum atomic E-state index is -0.239. The smallest absolute Gasteiger partial charge is 0.218 e. The molecule has 6 nitrogen and oxygen atoms in total. The van der Waals surface area contributed by atoms with Gasteiger partial charge in [-0.2, -0.15) is 0 Å². The van der Waals surface area contributed by atoms with Gasteiger partial charge in [0.15, 0.2) is 0 Å². The molecule has 3 rings (SSSR count). The fourth-order valence-corrected chi connectivity index (χ4v) is 3.10. The number of hydrogen-bond donors (Lipinski definition) is 1. The van der Waals surface area contributed by atoms with Crippen LogP contribution in [0.15, 0.2) is 42.6 Å². The number of rotatable bonds is 6. The van der Waals surface area contributed by atoms with E-state index in [1.807, 2.05) is 36.5 Å². The van der Waals surface area contributed by atoms with Crippen LogP contribution >= 0.6 is 12.4 Å². The van der Waals surface area contributed by atoms with Crippen molar-refractivity contribution in [1.29, 1.82) is 0 Å². The number of methoxy groups -OCH3 is 1. The minimum absolute atomic E-state index is 0. The summed E-state index contributed by atoms with van der Waals surface area (Å²) < 4.78 is 5.23. The van der Waals surface area contributed by atoms with Gasteiger partial charge in [-0.05, 0) is 36.4 Å². The molecule has 2 heterocycles. The number of hydrogen-bond acceptors (Lipinski definition) is 5. The molecule has 0 radical (unpaired) electrons. The number of aromatic nitrogens is 1. The number of primary amides is 1. The summed E-state index contributed by atoms with van der Waals surface area (Å²) in [6, 6.07) is 12.1. The van der Waals surface area contributed by atoms with Crippen LogP contribution in [0.2, 0.25) is 0 Å². The Morgan fingerprint density at radius 1 is 1.15 bits per heavy atom. The number of anilines is 1. The second-order valence-corrected chi connectivity index (χ2v) is 6.14. The number of ether oxygens (including phenoxy) is 1. The maximum atomic E-state index is 10.9. The average Bonchev–Trinajstić information content (AvgIpc) is 2.67. The summed E-state index contributed by atoms with van der Waals surface area (Å²) in [5, 5.41) is 0. The molecule has 1 aliphatic heterocycles. The van der Waals surface area contributed by atoms with Crippen LogP contribution < -0.4 is 15.4 Å². The van der Waals surface area contributed by atoms with Crippen molar-refractivity contribution < 1.29 is 9.53 Å². The van der Waals surface area contributed by atoms with Gasteiger partial charge in [-0.3, -0.25) is 14.7 Å². The van der Waals surface area contributed by atoms with Crippen molar-refractivity contribution in [3.05, 3.63) is 42.6 Å². The lowest BCUT2D eigenvalue weighted by atomic mass is 10.1. The van der Waals surface area contributed by atoms with Crippen molar-refractivity contribution in [2.24, 2.45) is 5.73 Å². The number of nitrogens with zero attached hydrogens (tertiary/aromatic N) is 3. The molecule has 1 fully saturated rings. The van der Waals surface area contributed by atoms with E-state index in [2.05, 4.69) is 20.9 Å². The number of carbonyl (C=O) groups is 1. The molecule has 1 amide bonds. The first-order chi connectivity index (χ1) is 12.2. The quantitative estimate of drug-likeness (QED) is 0.836. The summed E-state index contributed by atoms with van der Waals surface area (Å²) in [7, 11) is 1.67. The zero-order chi connectivity index (χ0) is 17.6. The van der Waals surface area contributed by atoms with E-state index in [4.69, 9.17) is 10.5 Å². The number of amides is 1. The van der Waals surface area contributed by atoms with Gasteiger partial charge >= 0.3 is 0 Å². The van der Waals surface area contributed by atoms with Crippen LogP contribution in [0.5, 0.6) is 5.75 Å². The van der Waals surface area contributed by atoms with Crippen LogP contribution in [0, 0.1) is 0 Å². The number of benzene rings is 1. The van der Waals surface area contributed by atoms with Gasteiger partial charge in [-0.15, -0.1) is 12.4 Å². The molecule has 0 bridgehead atoms. The largest absolute Gasteiger partial charge is 0.497 e. The third-order valence-electron chi connectivity index (χ3n) is 4.54. The van der Waals surface area contributed by atoms with E-state index in [0.29, 0.717) is 6.42 Å². The first-order valence-electron chi connectivity index (χ1n) is 8.52. The lowest BCUT2D eigenvalue weighted by Crippen LogP contribution is -2.47. The fourth-order valence-electron chi connectivity index (χ4n) is 3.10. The Bertz CT molecular complexity index is 716. The summed E-state index contributed by atoms with van der Waals surface area (Å²) in [4.78, 5) is 20.2. The summed E-state index contributed by atoms with van der Waals surface area (Å²) in [6.07, 6.45) is 2.25. The highest BCUT2D eigenvalue weighted by Gasteiger charge is 2.20. The SMILES string of the molecule is COc1ccc(-c2ncccc2N2CCN(CCC(N)=O)CC2)cc1.Cl. The van der Waals surface area contributed by atoms with Gasteiger partial charge in [0, 0.05) is 50.9 Å². The van der Waals surface area contributed by atoms with E-state index >= 15 is 0 Å². The molecule has 0 spiro atoms. The molecule has 0 saturated carbocycles. The summed E-state index contributed by atoms with van der Waals surface area (Å²) >= 11 is 0. The predicted molar refractivity (Wildman–Crippen MR) is 106 cm³/mol. The Kier molecular flexibility index (Phi) is 7.24. The Balaban J connectivity index is 0.00000243. The third-order valence-corrected chi connectivity index (χ3v) is 4.54.